The summed E-state index contributed by atoms with van der Waals surface area (Å²) in [5.41, 5.74) is 1.97. The summed E-state index contributed by atoms with van der Waals surface area (Å²) in [6, 6.07) is 11.8. The number of nitrogens with zero attached hydrogens (tertiary/aromatic N) is 3. The summed E-state index contributed by atoms with van der Waals surface area (Å²) in [5, 5.41) is 13.7. The summed E-state index contributed by atoms with van der Waals surface area (Å²) < 4.78 is 7.14. The van der Waals surface area contributed by atoms with Crippen LogP contribution in [-0.4, -0.2) is 34.0 Å². The van der Waals surface area contributed by atoms with Crippen molar-refractivity contribution in [1.82, 2.24) is 14.9 Å². The van der Waals surface area contributed by atoms with E-state index in [4.69, 9.17) is 4.74 Å². The number of nitrogens with one attached hydrogen (secondary N) is 1. The lowest BCUT2D eigenvalue weighted by atomic mass is 10.1. The van der Waals surface area contributed by atoms with Crippen LogP contribution < -0.4 is 10.1 Å². The van der Waals surface area contributed by atoms with Crippen LogP contribution in [0.15, 0.2) is 48.8 Å². The minimum absolute atomic E-state index is 0.148. The number of amides is 1. The molecule has 0 aliphatic heterocycles. The maximum absolute atomic E-state index is 12.3. The van der Waals surface area contributed by atoms with E-state index in [0.717, 1.165) is 11.0 Å². The molecule has 0 aliphatic carbocycles. The molecule has 1 heterocycles. The minimum atomic E-state index is -0.541. The number of ether oxygens (including phenoxy) is 1. The molecule has 8 heteroatoms. The second-order valence-corrected chi connectivity index (χ2v) is 5.68. The predicted molar refractivity (Wildman–Crippen MR) is 96.3 cm³/mol. The molecular formula is C18H18N4O4. The standard InChI is InChI=1S/C18H18N4O4/c1-26-17-8-7-13(22(24)25)11-14(17)18(23)19-9-4-10-21-12-20-15-5-2-3-6-16(15)21/h2-3,5-8,11-12H,4,9-10H2,1H3,(H,19,23). The van der Waals surface area contributed by atoms with E-state index in [2.05, 4.69) is 10.3 Å². The number of nitro benzene ring substituents is 1. The van der Waals surface area contributed by atoms with Crippen molar-refractivity contribution in [2.24, 2.45) is 0 Å². The van der Waals surface area contributed by atoms with Crippen LogP contribution in [0.3, 0.4) is 0 Å². The van der Waals surface area contributed by atoms with Crippen molar-refractivity contribution in [2.75, 3.05) is 13.7 Å². The number of aromatic nitrogens is 2. The highest BCUT2D eigenvalue weighted by atomic mass is 16.6. The normalized spacial score (nSPS) is 10.7. The van der Waals surface area contributed by atoms with Gasteiger partial charge < -0.3 is 14.6 Å². The molecule has 3 rings (SSSR count). The Labute approximate surface area is 149 Å². The van der Waals surface area contributed by atoms with E-state index >= 15 is 0 Å². The molecule has 0 atom stereocenters. The lowest BCUT2D eigenvalue weighted by Crippen LogP contribution is -2.25. The Balaban J connectivity index is 1.60. The first-order chi connectivity index (χ1) is 12.6. The van der Waals surface area contributed by atoms with Crippen LogP contribution in [0.1, 0.15) is 16.8 Å². The van der Waals surface area contributed by atoms with E-state index < -0.39 is 10.8 Å². The zero-order chi connectivity index (χ0) is 18.5. The van der Waals surface area contributed by atoms with Gasteiger partial charge in [0.2, 0.25) is 0 Å². The third kappa shape index (κ3) is 3.64. The molecule has 0 saturated carbocycles. The number of benzene rings is 2. The van der Waals surface area contributed by atoms with E-state index in [0.29, 0.717) is 25.3 Å². The Hall–Kier alpha value is -3.42. The Bertz CT molecular complexity index is 951. The summed E-state index contributed by atoms with van der Waals surface area (Å²) in [5.74, 6) is -0.102. The second-order valence-electron chi connectivity index (χ2n) is 5.68. The smallest absolute Gasteiger partial charge is 0.270 e. The summed E-state index contributed by atoms with van der Waals surface area (Å²) in [7, 11) is 1.42. The molecule has 0 fully saturated rings. The number of aryl methyl sites for hydroxylation is 1. The van der Waals surface area contributed by atoms with E-state index in [1.807, 2.05) is 28.8 Å². The minimum Gasteiger partial charge on any atom is -0.496 e. The van der Waals surface area contributed by atoms with E-state index in [1.165, 1.54) is 25.3 Å². The molecule has 3 aromatic rings. The van der Waals surface area contributed by atoms with Crippen LogP contribution in [0.5, 0.6) is 5.75 Å². The zero-order valence-corrected chi connectivity index (χ0v) is 14.2. The lowest BCUT2D eigenvalue weighted by molar-refractivity contribution is -0.384. The molecule has 0 radical (unpaired) electrons. The number of hydrogen-bond donors (Lipinski definition) is 1. The number of methoxy groups -OCH3 is 1. The SMILES string of the molecule is COc1ccc([N+](=O)[O-])cc1C(=O)NCCCn1cnc2ccccc21. The molecule has 0 bridgehead atoms. The van der Waals surface area contributed by atoms with Gasteiger partial charge in [-0.25, -0.2) is 4.98 Å². The third-order valence-electron chi connectivity index (χ3n) is 4.03. The summed E-state index contributed by atoms with van der Waals surface area (Å²) in [4.78, 5) is 27.0. The number of carbonyl (C=O) groups excluding carboxylic acids is 1. The number of hydrogen-bond acceptors (Lipinski definition) is 5. The quantitative estimate of drug-likeness (QED) is 0.399. The number of para-hydroxylation sites is 2. The summed E-state index contributed by atoms with van der Waals surface area (Å²) in [6.45, 7) is 1.13. The van der Waals surface area contributed by atoms with Gasteiger partial charge in [0.1, 0.15) is 5.75 Å². The predicted octanol–water partition coefficient (Wildman–Crippen LogP) is 2.77. The third-order valence-corrected chi connectivity index (χ3v) is 4.03. The topological polar surface area (TPSA) is 99.3 Å². The first-order valence-corrected chi connectivity index (χ1v) is 8.10. The summed E-state index contributed by atoms with van der Waals surface area (Å²) >= 11 is 0. The molecular weight excluding hydrogens is 336 g/mol. The zero-order valence-electron chi connectivity index (χ0n) is 14.2. The molecule has 1 amide bonds. The monoisotopic (exact) mass is 354 g/mol. The van der Waals surface area contributed by atoms with Crippen molar-refractivity contribution in [1.29, 1.82) is 0 Å². The Morgan fingerprint density at radius 3 is 2.88 bits per heavy atom. The van der Waals surface area contributed by atoms with Gasteiger partial charge in [0, 0.05) is 25.2 Å². The fourth-order valence-corrected chi connectivity index (χ4v) is 2.72. The van der Waals surface area contributed by atoms with Gasteiger partial charge in [-0.3, -0.25) is 14.9 Å². The van der Waals surface area contributed by atoms with Crippen molar-refractivity contribution >= 4 is 22.6 Å². The van der Waals surface area contributed by atoms with Crippen LogP contribution in [0.25, 0.3) is 11.0 Å². The van der Waals surface area contributed by atoms with E-state index in [9.17, 15) is 14.9 Å². The molecule has 26 heavy (non-hydrogen) atoms. The molecule has 1 N–H and O–H groups in total. The lowest BCUT2D eigenvalue weighted by Gasteiger charge is -2.10. The average Bonchev–Trinajstić information content (AvgIpc) is 3.07. The highest BCUT2D eigenvalue weighted by Gasteiger charge is 2.17. The maximum atomic E-state index is 12.3. The van der Waals surface area contributed by atoms with Crippen LogP contribution in [0, 0.1) is 10.1 Å². The van der Waals surface area contributed by atoms with Crippen LogP contribution >= 0.6 is 0 Å². The Morgan fingerprint density at radius 2 is 2.12 bits per heavy atom. The van der Waals surface area contributed by atoms with Crippen molar-refractivity contribution < 1.29 is 14.5 Å². The van der Waals surface area contributed by atoms with Gasteiger partial charge in [-0.1, -0.05) is 12.1 Å². The Morgan fingerprint density at radius 1 is 1.31 bits per heavy atom. The highest BCUT2D eigenvalue weighted by Crippen LogP contribution is 2.23. The number of rotatable bonds is 7. The van der Waals surface area contributed by atoms with Crippen molar-refractivity contribution in [3.63, 3.8) is 0 Å². The fourth-order valence-electron chi connectivity index (χ4n) is 2.72. The first-order valence-electron chi connectivity index (χ1n) is 8.10. The number of nitro groups is 1. The van der Waals surface area contributed by atoms with E-state index in [1.54, 1.807) is 6.33 Å². The molecule has 0 saturated heterocycles. The van der Waals surface area contributed by atoms with Crippen molar-refractivity contribution in [3.8, 4) is 5.75 Å². The molecule has 0 aliphatic rings. The van der Waals surface area contributed by atoms with Crippen LogP contribution in [0.4, 0.5) is 5.69 Å². The van der Waals surface area contributed by atoms with Crippen molar-refractivity contribution in [2.45, 2.75) is 13.0 Å². The molecule has 8 nitrogen and oxygen atoms in total. The number of fused-ring (bicyclic) bond motifs is 1. The molecule has 134 valence electrons. The van der Waals surface area contributed by atoms with Crippen LogP contribution in [0.2, 0.25) is 0 Å². The van der Waals surface area contributed by atoms with E-state index in [-0.39, 0.29) is 11.3 Å². The largest absolute Gasteiger partial charge is 0.496 e. The number of non-ortho nitro benzene ring substituents is 1. The number of carbonyl (C=O) groups is 1. The van der Waals surface area contributed by atoms with Gasteiger partial charge >= 0.3 is 0 Å². The summed E-state index contributed by atoms with van der Waals surface area (Å²) in [6.07, 6.45) is 2.47. The van der Waals surface area contributed by atoms with Crippen LogP contribution in [-0.2, 0) is 6.54 Å². The van der Waals surface area contributed by atoms with Gasteiger partial charge in [0.25, 0.3) is 11.6 Å². The fraction of sp³-hybridized carbons (Fsp3) is 0.222. The first kappa shape index (κ1) is 17.4. The highest BCUT2D eigenvalue weighted by molar-refractivity contribution is 5.97. The van der Waals surface area contributed by atoms with Gasteiger partial charge in [0.05, 0.1) is 35.0 Å². The molecule has 2 aromatic carbocycles. The average molecular weight is 354 g/mol. The van der Waals surface area contributed by atoms with Gasteiger partial charge in [-0.05, 0) is 24.6 Å². The Kier molecular flexibility index (Phi) is 5.12. The van der Waals surface area contributed by atoms with Crippen molar-refractivity contribution in [3.05, 3.63) is 64.5 Å². The second kappa shape index (κ2) is 7.64. The van der Waals surface area contributed by atoms with Gasteiger partial charge in [0.15, 0.2) is 0 Å². The van der Waals surface area contributed by atoms with Gasteiger partial charge in [-0.2, -0.15) is 0 Å². The molecule has 0 unspecified atom stereocenters. The number of imidazole rings is 1. The maximum Gasteiger partial charge on any atom is 0.270 e. The molecule has 0 spiro atoms. The van der Waals surface area contributed by atoms with Gasteiger partial charge in [-0.15, -0.1) is 0 Å². The molecule has 1 aromatic heterocycles.